The van der Waals surface area contributed by atoms with Gasteiger partial charge in [0.05, 0.1) is 17.2 Å². The summed E-state index contributed by atoms with van der Waals surface area (Å²) in [7, 11) is 0. The largest absolute Gasteiger partial charge is 0.304 e. The molecule has 0 bridgehead atoms. The number of thioether (sulfide) groups is 1. The summed E-state index contributed by atoms with van der Waals surface area (Å²) in [5.41, 5.74) is 5.12. The Morgan fingerprint density at radius 2 is 2.00 bits per heavy atom. The van der Waals surface area contributed by atoms with E-state index in [1.165, 1.54) is 11.8 Å². The number of aliphatic imine (C=N–C) groups is 1. The van der Waals surface area contributed by atoms with Crippen LogP contribution in [0.4, 0.5) is 5.69 Å². The predicted molar refractivity (Wildman–Crippen MR) is 82.6 cm³/mol. The Hall–Kier alpha value is -2.15. The van der Waals surface area contributed by atoms with E-state index >= 15 is 0 Å². The number of nitrogens with zero attached hydrogens (tertiary/aromatic N) is 2. The number of hydrogen-bond donors (Lipinski definition) is 2. The smallest absolute Gasteiger partial charge is 0.240 e. The fourth-order valence-corrected chi connectivity index (χ4v) is 2.91. The highest BCUT2D eigenvalue weighted by atomic mass is 32.2. The SMILES string of the molecule is CC1CC(=O)NN=C1c1ccc(N=C2NC(=O)CS2)cc1. The molecule has 1 aromatic carbocycles. The van der Waals surface area contributed by atoms with E-state index in [2.05, 4.69) is 20.8 Å². The van der Waals surface area contributed by atoms with E-state index in [9.17, 15) is 9.59 Å². The molecule has 0 radical (unpaired) electrons. The molecule has 0 spiro atoms. The molecule has 1 fully saturated rings. The first kappa shape index (κ1) is 13.8. The molecule has 7 heteroatoms. The second kappa shape index (κ2) is 5.69. The van der Waals surface area contributed by atoms with Gasteiger partial charge in [-0.3, -0.25) is 9.59 Å². The molecule has 0 saturated carbocycles. The fraction of sp³-hybridized carbons (Fsp3) is 0.286. The lowest BCUT2D eigenvalue weighted by Gasteiger charge is -2.19. The third-order valence-corrected chi connectivity index (χ3v) is 4.11. The average Bonchev–Trinajstić information content (AvgIpc) is 2.85. The van der Waals surface area contributed by atoms with Gasteiger partial charge in [0.25, 0.3) is 0 Å². The van der Waals surface area contributed by atoms with Gasteiger partial charge in [-0.1, -0.05) is 30.8 Å². The van der Waals surface area contributed by atoms with E-state index in [4.69, 9.17) is 0 Å². The summed E-state index contributed by atoms with van der Waals surface area (Å²) in [6.45, 7) is 1.98. The zero-order valence-electron chi connectivity index (χ0n) is 11.4. The summed E-state index contributed by atoms with van der Waals surface area (Å²) in [6.07, 6.45) is 0.450. The van der Waals surface area contributed by atoms with Crippen LogP contribution in [0.15, 0.2) is 34.4 Å². The number of hydrogen-bond acceptors (Lipinski definition) is 5. The minimum Gasteiger partial charge on any atom is -0.304 e. The molecule has 1 unspecified atom stereocenters. The lowest BCUT2D eigenvalue weighted by Crippen LogP contribution is -2.31. The maximum Gasteiger partial charge on any atom is 0.240 e. The van der Waals surface area contributed by atoms with Crippen molar-refractivity contribution in [3.05, 3.63) is 29.8 Å². The van der Waals surface area contributed by atoms with Gasteiger partial charge in [-0.15, -0.1) is 0 Å². The molecule has 108 valence electrons. The average molecular weight is 302 g/mol. The van der Waals surface area contributed by atoms with Crippen molar-refractivity contribution < 1.29 is 9.59 Å². The molecule has 2 N–H and O–H groups in total. The molecule has 3 rings (SSSR count). The molecular formula is C14H14N4O2S. The zero-order chi connectivity index (χ0) is 14.8. The number of carbonyl (C=O) groups excluding carboxylic acids is 2. The Bertz CT molecular complexity index is 651. The quantitative estimate of drug-likeness (QED) is 0.866. The van der Waals surface area contributed by atoms with Crippen molar-refractivity contribution in [1.82, 2.24) is 10.7 Å². The van der Waals surface area contributed by atoms with Gasteiger partial charge >= 0.3 is 0 Å². The maximum atomic E-state index is 11.3. The fourth-order valence-electron chi connectivity index (χ4n) is 2.21. The lowest BCUT2D eigenvalue weighted by atomic mass is 9.94. The van der Waals surface area contributed by atoms with Crippen LogP contribution in [0.2, 0.25) is 0 Å². The highest BCUT2D eigenvalue weighted by molar-refractivity contribution is 8.15. The van der Waals surface area contributed by atoms with Crippen molar-refractivity contribution in [3.8, 4) is 0 Å². The second-order valence-electron chi connectivity index (χ2n) is 4.94. The Balaban J connectivity index is 1.78. The van der Waals surface area contributed by atoms with E-state index in [1.54, 1.807) is 0 Å². The highest BCUT2D eigenvalue weighted by Crippen LogP contribution is 2.21. The number of hydrazone groups is 1. The molecule has 6 nitrogen and oxygen atoms in total. The third-order valence-electron chi connectivity index (χ3n) is 3.24. The van der Waals surface area contributed by atoms with E-state index in [1.807, 2.05) is 31.2 Å². The highest BCUT2D eigenvalue weighted by Gasteiger charge is 2.21. The summed E-state index contributed by atoms with van der Waals surface area (Å²) in [5, 5.41) is 7.45. The van der Waals surface area contributed by atoms with Gasteiger partial charge in [0, 0.05) is 12.3 Å². The molecule has 1 atom stereocenters. The van der Waals surface area contributed by atoms with Crippen LogP contribution in [0.1, 0.15) is 18.9 Å². The predicted octanol–water partition coefficient (Wildman–Crippen LogP) is 1.40. The van der Waals surface area contributed by atoms with Crippen molar-refractivity contribution in [2.45, 2.75) is 13.3 Å². The molecule has 2 aliphatic heterocycles. The van der Waals surface area contributed by atoms with Crippen LogP contribution in [0.3, 0.4) is 0 Å². The summed E-state index contributed by atoms with van der Waals surface area (Å²) >= 11 is 1.40. The topological polar surface area (TPSA) is 82.9 Å². The summed E-state index contributed by atoms with van der Waals surface area (Å²) < 4.78 is 0. The Morgan fingerprint density at radius 3 is 2.62 bits per heavy atom. The van der Waals surface area contributed by atoms with E-state index < -0.39 is 0 Å². The van der Waals surface area contributed by atoms with E-state index in [0.29, 0.717) is 17.3 Å². The molecular weight excluding hydrogens is 288 g/mol. The number of benzene rings is 1. The standard InChI is InChI=1S/C14H14N4O2S/c1-8-6-11(19)17-18-13(8)9-2-4-10(5-3-9)15-14-16-12(20)7-21-14/h2-5,8H,6-7H2,1H3,(H,17,19)(H,15,16,20). The first-order valence-corrected chi connectivity index (χ1v) is 7.58. The van der Waals surface area contributed by atoms with Crippen LogP contribution in [-0.4, -0.2) is 28.4 Å². The van der Waals surface area contributed by atoms with Gasteiger partial charge < -0.3 is 5.32 Å². The van der Waals surface area contributed by atoms with Gasteiger partial charge in [0.2, 0.25) is 11.8 Å². The maximum absolute atomic E-state index is 11.3. The number of amidine groups is 1. The first-order chi connectivity index (χ1) is 10.1. The van der Waals surface area contributed by atoms with E-state index in [-0.39, 0.29) is 17.7 Å². The molecule has 2 heterocycles. The summed E-state index contributed by atoms with van der Waals surface area (Å²) in [4.78, 5) is 26.7. The zero-order valence-corrected chi connectivity index (χ0v) is 12.2. The molecule has 1 saturated heterocycles. The van der Waals surface area contributed by atoms with Gasteiger partial charge in [-0.25, -0.2) is 10.4 Å². The molecule has 1 aromatic rings. The van der Waals surface area contributed by atoms with Crippen LogP contribution < -0.4 is 10.7 Å². The molecule has 0 aromatic heterocycles. The van der Waals surface area contributed by atoms with Crippen LogP contribution in [-0.2, 0) is 9.59 Å². The molecule has 21 heavy (non-hydrogen) atoms. The van der Waals surface area contributed by atoms with Crippen LogP contribution in [0.5, 0.6) is 0 Å². The Labute approximate surface area is 126 Å². The van der Waals surface area contributed by atoms with Crippen molar-refractivity contribution in [2.75, 3.05) is 5.75 Å². The Morgan fingerprint density at radius 1 is 1.24 bits per heavy atom. The van der Waals surface area contributed by atoms with Crippen molar-refractivity contribution in [1.29, 1.82) is 0 Å². The Kier molecular flexibility index (Phi) is 3.74. The first-order valence-electron chi connectivity index (χ1n) is 6.60. The molecule has 2 aliphatic rings. The minimum absolute atomic E-state index is 0.0171. The number of rotatable bonds is 2. The second-order valence-corrected chi connectivity index (χ2v) is 5.90. The summed E-state index contributed by atoms with van der Waals surface area (Å²) in [6, 6.07) is 7.60. The van der Waals surface area contributed by atoms with E-state index in [0.717, 1.165) is 17.0 Å². The number of amides is 2. The van der Waals surface area contributed by atoms with Crippen molar-refractivity contribution in [3.63, 3.8) is 0 Å². The van der Waals surface area contributed by atoms with Crippen molar-refractivity contribution in [2.24, 2.45) is 16.0 Å². The van der Waals surface area contributed by atoms with Gasteiger partial charge in [-0.05, 0) is 17.7 Å². The molecule has 0 aliphatic carbocycles. The van der Waals surface area contributed by atoms with Crippen LogP contribution in [0, 0.1) is 5.92 Å². The van der Waals surface area contributed by atoms with Gasteiger partial charge in [-0.2, -0.15) is 5.10 Å². The number of nitrogens with one attached hydrogen (secondary N) is 2. The minimum atomic E-state index is -0.0525. The van der Waals surface area contributed by atoms with Gasteiger partial charge in [0.1, 0.15) is 0 Å². The van der Waals surface area contributed by atoms with Crippen LogP contribution in [0.25, 0.3) is 0 Å². The van der Waals surface area contributed by atoms with Crippen molar-refractivity contribution >= 4 is 40.1 Å². The lowest BCUT2D eigenvalue weighted by molar-refractivity contribution is -0.122. The number of carbonyl (C=O) groups is 2. The normalized spacial score (nSPS) is 23.8. The third kappa shape index (κ3) is 3.13. The van der Waals surface area contributed by atoms with Gasteiger partial charge in [0.15, 0.2) is 5.17 Å². The molecule has 2 amide bonds. The summed E-state index contributed by atoms with van der Waals surface area (Å²) in [5.74, 6) is 0.450. The monoisotopic (exact) mass is 302 g/mol. The van der Waals surface area contributed by atoms with Crippen LogP contribution >= 0.6 is 11.8 Å².